The van der Waals surface area contributed by atoms with Gasteiger partial charge in [0.05, 0.1) is 18.5 Å². The molecule has 0 bridgehead atoms. The van der Waals surface area contributed by atoms with E-state index >= 15 is 0 Å². The molecule has 0 aliphatic carbocycles. The van der Waals surface area contributed by atoms with E-state index in [0.29, 0.717) is 23.2 Å². The molecule has 0 unspecified atom stereocenters. The van der Waals surface area contributed by atoms with Crippen molar-refractivity contribution in [3.8, 4) is 5.75 Å². The number of hydrogen-bond acceptors (Lipinski definition) is 9. The zero-order valence-corrected chi connectivity index (χ0v) is 22.9. The molecule has 220 valence electrons. The molecule has 2 rings (SSSR count). The molecule has 13 heteroatoms. The Morgan fingerprint density at radius 3 is 2.30 bits per heavy atom. The average molecular weight is 563 g/mol. The standard InChI is InChI=1S/C27H38N4O9/c1-15(2)23(29-24(37)20(28)13-17-6-8-19(34)9-7-17)27(40)30-11-4-5-21(30)26(39)31(25(38)16(3)33)18(10-12-32)14-22(35)36/h6-9,12,15-16,18,20-21,23,33-34H,4-5,10-11,13-14,28H2,1-3H3,(H,29,37)(H,35,36)/t16-,18+,20-,21-,23-/m0/s1. The summed E-state index contributed by atoms with van der Waals surface area (Å²) in [7, 11) is 0. The van der Waals surface area contributed by atoms with Gasteiger partial charge in [0, 0.05) is 13.0 Å². The van der Waals surface area contributed by atoms with Crippen LogP contribution in [-0.4, -0.2) is 97.8 Å². The number of aldehydes is 1. The number of carbonyl (C=O) groups excluding carboxylic acids is 5. The lowest BCUT2D eigenvalue weighted by Crippen LogP contribution is -2.60. The Hall–Kier alpha value is -3.84. The Morgan fingerprint density at radius 1 is 1.15 bits per heavy atom. The molecule has 1 aliphatic heterocycles. The second kappa shape index (κ2) is 14.5. The lowest BCUT2D eigenvalue weighted by molar-refractivity contribution is -0.159. The summed E-state index contributed by atoms with van der Waals surface area (Å²) in [4.78, 5) is 77.4. The van der Waals surface area contributed by atoms with E-state index in [4.69, 9.17) is 5.73 Å². The quantitative estimate of drug-likeness (QED) is 0.196. The highest BCUT2D eigenvalue weighted by Gasteiger charge is 2.44. The monoisotopic (exact) mass is 562 g/mol. The molecule has 1 aromatic carbocycles. The first-order valence-corrected chi connectivity index (χ1v) is 13.1. The second-order valence-electron chi connectivity index (χ2n) is 10.3. The van der Waals surface area contributed by atoms with Crippen molar-refractivity contribution < 1.29 is 44.1 Å². The number of likely N-dealkylation sites (tertiary alicyclic amines) is 1. The van der Waals surface area contributed by atoms with Crippen LogP contribution in [0.15, 0.2) is 24.3 Å². The number of aliphatic hydroxyl groups excluding tert-OH is 1. The summed E-state index contributed by atoms with van der Waals surface area (Å²) >= 11 is 0. The predicted molar refractivity (Wildman–Crippen MR) is 142 cm³/mol. The third-order valence-electron chi connectivity index (χ3n) is 6.76. The largest absolute Gasteiger partial charge is 0.508 e. The van der Waals surface area contributed by atoms with Crippen molar-refractivity contribution in [3.05, 3.63) is 29.8 Å². The highest BCUT2D eigenvalue weighted by Crippen LogP contribution is 2.25. The second-order valence-corrected chi connectivity index (χ2v) is 10.3. The van der Waals surface area contributed by atoms with Crippen molar-refractivity contribution in [2.24, 2.45) is 11.7 Å². The summed E-state index contributed by atoms with van der Waals surface area (Å²) in [6, 6.07) is 1.60. The summed E-state index contributed by atoms with van der Waals surface area (Å²) in [6.07, 6.45) is -1.74. The van der Waals surface area contributed by atoms with Crippen LogP contribution in [0.1, 0.15) is 52.0 Å². The number of imide groups is 1. The Balaban J connectivity index is 2.26. The number of carbonyl (C=O) groups is 6. The molecular formula is C27H38N4O9. The first-order chi connectivity index (χ1) is 18.8. The number of aromatic hydroxyl groups is 1. The number of nitrogens with zero attached hydrogens (tertiary/aromatic N) is 2. The number of phenols is 1. The van der Waals surface area contributed by atoms with Gasteiger partial charge in [0.15, 0.2) is 0 Å². The Bertz CT molecular complexity index is 1090. The van der Waals surface area contributed by atoms with Crippen molar-refractivity contribution >= 4 is 35.9 Å². The van der Waals surface area contributed by atoms with Gasteiger partial charge in [-0.15, -0.1) is 0 Å². The number of aliphatic hydroxyl groups is 1. The van der Waals surface area contributed by atoms with Gasteiger partial charge in [-0.05, 0) is 49.8 Å². The zero-order chi connectivity index (χ0) is 30.1. The minimum atomic E-state index is -1.66. The van der Waals surface area contributed by atoms with Gasteiger partial charge in [-0.2, -0.15) is 0 Å². The molecule has 1 fully saturated rings. The highest BCUT2D eigenvalue weighted by atomic mass is 16.4. The molecule has 13 nitrogen and oxygen atoms in total. The topological polar surface area (TPSA) is 208 Å². The van der Waals surface area contributed by atoms with E-state index in [-0.39, 0.29) is 25.1 Å². The molecular weight excluding hydrogens is 524 g/mol. The van der Waals surface area contributed by atoms with Gasteiger partial charge >= 0.3 is 5.97 Å². The fourth-order valence-corrected chi connectivity index (χ4v) is 4.64. The van der Waals surface area contributed by atoms with Crippen LogP contribution in [-0.2, 0) is 35.2 Å². The van der Waals surface area contributed by atoms with Crippen LogP contribution in [0.3, 0.4) is 0 Å². The van der Waals surface area contributed by atoms with Gasteiger partial charge in [-0.1, -0.05) is 26.0 Å². The minimum Gasteiger partial charge on any atom is -0.508 e. The normalized spacial score (nSPS) is 17.9. The van der Waals surface area contributed by atoms with E-state index in [1.165, 1.54) is 17.0 Å². The van der Waals surface area contributed by atoms with Gasteiger partial charge in [0.2, 0.25) is 11.8 Å². The number of hydrogen-bond donors (Lipinski definition) is 5. The maximum atomic E-state index is 13.6. The fourth-order valence-electron chi connectivity index (χ4n) is 4.64. The van der Waals surface area contributed by atoms with Crippen molar-refractivity contribution in [1.29, 1.82) is 0 Å². The Morgan fingerprint density at radius 2 is 1.77 bits per heavy atom. The summed E-state index contributed by atoms with van der Waals surface area (Å²) < 4.78 is 0. The number of carboxylic acid groups (broad SMARTS) is 1. The Labute approximate surface area is 232 Å². The number of carboxylic acids is 1. The summed E-state index contributed by atoms with van der Waals surface area (Å²) in [5.41, 5.74) is 6.77. The van der Waals surface area contributed by atoms with Crippen LogP contribution in [0, 0.1) is 5.92 Å². The first-order valence-electron chi connectivity index (χ1n) is 13.1. The maximum Gasteiger partial charge on any atom is 0.305 e. The van der Waals surface area contributed by atoms with E-state index in [1.807, 2.05) is 0 Å². The summed E-state index contributed by atoms with van der Waals surface area (Å²) in [5.74, 6) is -4.84. The third kappa shape index (κ3) is 8.33. The van der Waals surface area contributed by atoms with E-state index in [1.54, 1.807) is 26.0 Å². The molecule has 0 spiro atoms. The number of benzene rings is 1. The molecule has 1 aromatic rings. The predicted octanol–water partition coefficient (Wildman–Crippen LogP) is -0.438. The van der Waals surface area contributed by atoms with Gasteiger partial charge in [-0.25, -0.2) is 0 Å². The smallest absolute Gasteiger partial charge is 0.305 e. The number of rotatable bonds is 13. The lowest BCUT2D eigenvalue weighted by Gasteiger charge is -2.35. The molecule has 0 aromatic heterocycles. The molecule has 4 amide bonds. The van der Waals surface area contributed by atoms with E-state index in [0.717, 1.165) is 6.92 Å². The van der Waals surface area contributed by atoms with Crippen LogP contribution in [0.25, 0.3) is 0 Å². The van der Waals surface area contributed by atoms with E-state index in [2.05, 4.69) is 5.32 Å². The number of aliphatic carboxylic acids is 1. The number of amides is 4. The molecule has 5 atom stereocenters. The molecule has 1 saturated heterocycles. The van der Waals surface area contributed by atoms with Crippen molar-refractivity contribution in [3.63, 3.8) is 0 Å². The minimum absolute atomic E-state index is 0.0658. The number of phenolic OH excluding ortho intramolecular Hbond substituents is 1. The van der Waals surface area contributed by atoms with Crippen LogP contribution in [0.5, 0.6) is 5.75 Å². The van der Waals surface area contributed by atoms with E-state index < -0.39 is 78.6 Å². The van der Waals surface area contributed by atoms with Crippen LogP contribution in [0.4, 0.5) is 0 Å². The van der Waals surface area contributed by atoms with Crippen LogP contribution < -0.4 is 11.1 Å². The van der Waals surface area contributed by atoms with Crippen molar-refractivity contribution in [1.82, 2.24) is 15.1 Å². The number of nitrogens with one attached hydrogen (secondary N) is 1. The molecule has 0 saturated carbocycles. The van der Waals surface area contributed by atoms with E-state index in [9.17, 15) is 44.1 Å². The number of nitrogens with two attached hydrogens (primary N) is 1. The third-order valence-corrected chi connectivity index (χ3v) is 6.76. The molecule has 6 N–H and O–H groups in total. The average Bonchev–Trinajstić information content (AvgIpc) is 3.37. The van der Waals surface area contributed by atoms with Gasteiger partial charge in [-0.3, -0.25) is 28.9 Å². The summed E-state index contributed by atoms with van der Waals surface area (Å²) in [5, 5.41) is 31.3. The van der Waals surface area contributed by atoms with Crippen molar-refractivity contribution in [2.75, 3.05) is 6.54 Å². The first kappa shape index (κ1) is 32.4. The maximum absolute atomic E-state index is 13.6. The molecule has 0 radical (unpaired) electrons. The van der Waals surface area contributed by atoms with Gasteiger partial charge in [0.25, 0.3) is 11.8 Å². The Kier molecular flexibility index (Phi) is 11.7. The van der Waals surface area contributed by atoms with Crippen LogP contribution in [0.2, 0.25) is 0 Å². The molecule has 40 heavy (non-hydrogen) atoms. The highest BCUT2D eigenvalue weighted by molar-refractivity contribution is 6.02. The fraction of sp³-hybridized carbons (Fsp3) is 0.556. The van der Waals surface area contributed by atoms with Gasteiger partial charge in [0.1, 0.15) is 30.2 Å². The van der Waals surface area contributed by atoms with Crippen molar-refractivity contribution in [2.45, 2.75) is 83.1 Å². The van der Waals surface area contributed by atoms with Gasteiger partial charge < -0.3 is 36.1 Å². The molecule has 1 aliphatic rings. The lowest BCUT2D eigenvalue weighted by atomic mass is 10.00. The SMILES string of the molecule is CC(C)[C@H](NC(=O)[C@@H](N)Cc1ccc(O)cc1)C(=O)N1CCC[C@H]1C(=O)N(C(=O)[C@H](C)O)[C@H](CC=O)CC(=O)O. The zero-order valence-electron chi connectivity index (χ0n) is 22.9. The van der Waals surface area contributed by atoms with Crippen LogP contribution >= 0.6 is 0 Å². The summed E-state index contributed by atoms with van der Waals surface area (Å²) in [6.45, 7) is 4.67. The molecule has 1 heterocycles.